The Bertz CT molecular complexity index is 427. The fourth-order valence-electron chi connectivity index (χ4n) is 1.87. The number of nitrogens with one attached hydrogen (secondary N) is 1. The minimum absolute atomic E-state index is 0.0447. The van der Waals surface area contributed by atoms with Crippen molar-refractivity contribution < 1.29 is 4.74 Å². The molecule has 0 amide bonds. The van der Waals surface area contributed by atoms with Crippen LogP contribution in [-0.2, 0) is 0 Å². The second-order valence-electron chi connectivity index (χ2n) is 4.99. The second-order valence-corrected chi connectivity index (χ2v) is 5.78. The van der Waals surface area contributed by atoms with Gasteiger partial charge in [-0.2, -0.15) is 0 Å². The van der Waals surface area contributed by atoms with E-state index in [0.29, 0.717) is 21.8 Å². The molecule has 0 bridgehead atoms. The standard InChI is InChI=1S/C13H15Cl2NO/c14-10-2-1-3-11(12(10)15)17-13(6-7-13)8-16-9-4-5-9/h1-3,9,16H,4-8H2. The molecule has 4 heteroatoms. The van der Waals surface area contributed by atoms with Crippen LogP contribution in [0.4, 0.5) is 0 Å². The van der Waals surface area contributed by atoms with Gasteiger partial charge in [-0.25, -0.2) is 0 Å². The molecule has 2 aliphatic rings. The van der Waals surface area contributed by atoms with Crippen LogP contribution in [0.5, 0.6) is 5.75 Å². The van der Waals surface area contributed by atoms with E-state index in [-0.39, 0.29) is 5.60 Å². The summed E-state index contributed by atoms with van der Waals surface area (Å²) in [5.74, 6) is 0.703. The van der Waals surface area contributed by atoms with Crippen LogP contribution in [0, 0.1) is 0 Å². The maximum Gasteiger partial charge on any atom is 0.140 e. The molecule has 92 valence electrons. The summed E-state index contributed by atoms with van der Waals surface area (Å²) in [4.78, 5) is 0. The van der Waals surface area contributed by atoms with Gasteiger partial charge in [-0.1, -0.05) is 29.3 Å². The Balaban J connectivity index is 1.66. The Morgan fingerprint density at radius 2 is 2.06 bits per heavy atom. The predicted octanol–water partition coefficient (Wildman–Crippen LogP) is 3.66. The monoisotopic (exact) mass is 271 g/mol. The molecule has 2 fully saturated rings. The molecular weight excluding hydrogens is 257 g/mol. The maximum absolute atomic E-state index is 6.12. The molecule has 0 aromatic heterocycles. The van der Waals surface area contributed by atoms with Crippen LogP contribution in [0.2, 0.25) is 10.0 Å². The number of ether oxygens (including phenoxy) is 1. The predicted molar refractivity (Wildman–Crippen MR) is 70.1 cm³/mol. The largest absolute Gasteiger partial charge is 0.484 e. The molecule has 2 nitrogen and oxygen atoms in total. The normalized spacial score (nSPS) is 21.3. The minimum atomic E-state index is -0.0447. The fraction of sp³-hybridized carbons (Fsp3) is 0.538. The maximum atomic E-state index is 6.12. The van der Waals surface area contributed by atoms with Crippen LogP contribution in [0.3, 0.4) is 0 Å². The Morgan fingerprint density at radius 1 is 1.29 bits per heavy atom. The quantitative estimate of drug-likeness (QED) is 0.883. The average molecular weight is 272 g/mol. The highest BCUT2D eigenvalue weighted by molar-refractivity contribution is 6.42. The third-order valence-electron chi connectivity index (χ3n) is 3.34. The van der Waals surface area contributed by atoms with Crippen LogP contribution in [0.25, 0.3) is 0 Å². The zero-order chi connectivity index (χ0) is 11.9. The van der Waals surface area contributed by atoms with E-state index in [1.807, 2.05) is 12.1 Å². The molecule has 1 aromatic rings. The average Bonchev–Trinajstić information content (AvgIpc) is 3.18. The molecule has 0 radical (unpaired) electrons. The lowest BCUT2D eigenvalue weighted by atomic mass is 10.3. The zero-order valence-corrected chi connectivity index (χ0v) is 11.0. The van der Waals surface area contributed by atoms with Gasteiger partial charge in [0, 0.05) is 12.6 Å². The SMILES string of the molecule is Clc1cccc(OC2(CNC3CC3)CC2)c1Cl. The van der Waals surface area contributed by atoms with E-state index in [0.717, 1.165) is 19.4 Å². The van der Waals surface area contributed by atoms with Crippen molar-refractivity contribution in [3.63, 3.8) is 0 Å². The number of halogens is 2. The molecule has 1 aromatic carbocycles. The van der Waals surface area contributed by atoms with Gasteiger partial charge in [0.2, 0.25) is 0 Å². The lowest BCUT2D eigenvalue weighted by molar-refractivity contribution is 0.175. The molecule has 3 rings (SSSR count). The third kappa shape index (κ3) is 2.70. The first-order valence-electron chi connectivity index (χ1n) is 6.05. The molecule has 2 saturated carbocycles. The summed E-state index contributed by atoms with van der Waals surface area (Å²) >= 11 is 12.1. The van der Waals surface area contributed by atoms with Gasteiger partial charge in [-0.3, -0.25) is 0 Å². The fourth-order valence-corrected chi connectivity index (χ4v) is 2.20. The van der Waals surface area contributed by atoms with Crippen molar-refractivity contribution in [2.45, 2.75) is 37.3 Å². The van der Waals surface area contributed by atoms with Crippen molar-refractivity contribution in [3.05, 3.63) is 28.2 Å². The van der Waals surface area contributed by atoms with E-state index in [2.05, 4.69) is 5.32 Å². The smallest absolute Gasteiger partial charge is 0.140 e. The molecule has 0 saturated heterocycles. The van der Waals surface area contributed by atoms with Gasteiger partial charge in [-0.05, 0) is 37.8 Å². The highest BCUT2D eigenvalue weighted by Crippen LogP contribution is 2.43. The lowest BCUT2D eigenvalue weighted by Crippen LogP contribution is -2.34. The number of rotatable bonds is 5. The molecule has 17 heavy (non-hydrogen) atoms. The summed E-state index contributed by atoms with van der Waals surface area (Å²) < 4.78 is 6.02. The van der Waals surface area contributed by atoms with Crippen molar-refractivity contribution in [1.82, 2.24) is 5.32 Å². The molecule has 0 spiro atoms. The molecule has 0 unspecified atom stereocenters. The van der Waals surface area contributed by atoms with E-state index >= 15 is 0 Å². The van der Waals surface area contributed by atoms with E-state index in [4.69, 9.17) is 27.9 Å². The van der Waals surface area contributed by atoms with Gasteiger partial charge < -0.3 is 10.1 Å². The van der Waals surface area contributed by atoms with Gasteiger partial charge in [0.1, 0.15) is 16.4 Å². The molecule has 1 N–H and O–H groups in total. The van der Waals surface area contributed by atoms with Crippen molar-refractivity contribution >= 4 is 23.2 Å². The van der Waals surface area contributed by atoms with Crippen molar-refractivity contribution in [2.75, 3.05) is 6.54 Å². The van der Waals surface area contributed by atoms with Gasteiger partial charge in [0.25, 0.3) is 0 Å². The van der Waals surface area contributed by atoms with Gasteiger partial charge in [-0.15, -0.1) is 0 Å². The molecule has 0 atom stereocenters. The number of benzene rings is 1. The van der Waals surface area contributed by atoms with E-state index in [1.165, 1.54) is 12.8 Å². The molecule has 0 heterocycles. The van der Waals surface area contributed by atoms with Gasteiger partial charge in [0.05, 0.1) is 5.02 Å². The van der Waals surface area contributed by atoms with Crippen LogP contribution in [-0.4, -0.2) is 18.2 Å². The Kier molecular flexibility index (Phi) is 2.97. The van der Waals surface area contributed by atoms with Crippen LogP contribution in [0.15, 0.2) is 18.2 Å². The highest BCUT2D eigenvalue weighted by atomic mass is 35.5. The number of hydrogen-bond acceptors (Lipinski definition) is 2. The molecule has 0 aliphatic heterocycles. The minimum Gasteiger partial charge on any atom is -0.484 e. The summed E-state index contributed by atoms with van der Waals surface area (Å²) in [6.07, 6.45) is 4.78. The first-order chi connectivity index (χ1) is 8.19. The van der Waals surface area contributed by atoms with Gasteiger partial charge in [0.15, 0.2) is 0 Å². The lowest BCUT2D eigenvalue weighted by Gasteiger charge is -2.19. The topological polar surface area (TPSA) is 21.3 Å². The van der Waals surface area contributed by atoms with Crippen LogP contribution < -0.4 is 10.1 Å². The summed E-state index contributed by atoms with van der Waals surface area (Å²) in [7, 11) is 0. The summed E-state index contributed by atoms with van der Waals surface area (Å²) in [6.45, 7) is 0.917. The number of hydrogen-bond donors (Lipinski definition) is 1. The van der Waals surface area contributed by atoms with E-state index < -0.39 is 0 Å². The Hall–Kier alpha value is -0.440. The molecular formula is C13H15Cl2NO. The highest BCUT2D eigenvalue weighted by Gasteiger charge is 2.46. The van der Waals surface area contributed by atoms with Gasteiger partial charge >= 0.3 is 0 Å². The molecule has 2 aliphatic carbocycles. The van der Waals surface area contributed by atoms with Crippen LogP contribution in [0.1, 0.15) is 25.7 Å². The summed E-state index contributed by atoms with van der Waals surface area (Å²) in [5, 5.41) is 4.58. The summed E-state index contributed by atoms with van der Waals surface area (Å²) in [6, 6.07) is 6.24. The second kappa shape index (κ2) is 4.34. The Morgan fingerprint density at radius 3 is 2.71 bits per heavy atom. The van der Waals surface area contributed by atoms with E-state index in [9.17, 15) is 0 Å². The van der Waals surface area contributed by atoms with Crippen LogP contribution >= 0.6 is 23.2 Å². The Labute approximate surface area is 111 Å². The third-order valence-corrected chi connectivity index (χ3v) is 4.14. The van der Waals surface area contributed by atoms with Crippen molar-refractivity contribution in [2.24, 2.45) is 0 Å². The van der Waals surface area contributed by atoms with Crippen molar-refractivity contribution in [1.29, 1.82) is 0 Å². The van der Waals surface area contributed by atoms with Crippen molar-refractivity contribution in [3.8, 4) is 5.75 Å². The first-order valence-corrected chi connectivity index (χ1v) is 6.81. The van der Waals surface area contributed by atoms with E-state index in [1.54, 1.807) is 6.07 Å². The zero-order valence-electron chi connectivity index (χ0n) is 9.51. The first kappa shape index (κ1) is 11.6. The summed E-state index contributed by atoms with van der Waals surface area (Å²) in [5.41, 5.74) is -0.0447.